The molecule has 0 spiro atoms. The standard InChI is InChI=1S/C13H23N3OS.2ClH/c1-5-13(6-2,8-14)12(17)16(4)7-11-10(3)15-9-18-11;;/h9H,5-8,14H2,1-4H3;2*1H. The molecule has 0 atom stereocenters. The van der Waals surface area contributed by atoms with E-state index in [1.165, 1.54) is 0 Å². The molecule has 1 aromatic rings. The van der Waals surface area contributed by atoms with Gasteiger partial charge in [-0.1, -0.05) is 13.8 Å². The Labute approximate surface area is 138 Å². The van der Waals surface area contributed by atoms with Gasteiger partial charge in [-0.05, 0) is 19.8 Å². The van der Waals surface area contributed by atoms with Gasteiger partial charge in [0.1, 0.15) is 0 Å². The van der Waals surface area contributed by atoms with Crippen LogP contribution in [0.5, 0.6) is 0 Å². The maximum absolute atomic E-state index is 12.5. The Hall–Kier alpha value is -0.360. The van der Waals surface area contributed by atoms with Crippen molar-refractivity contribution >= 4 is 42.1 Å². The van der Waals surface area contributed by atoms with E-state index in [4.69, 9.17) is 5.73 Å². The van der Waals surface area contributed by atoms with Crippen LogP contribution in [-0.2, 0) is 11.3 Å². The first kappa shape index (κ1) is 21.9. The highest BCUT2D eigenvalue weighted by molar-refractivity contribution is 7.09. The normalized spacial score (nSPS) is 10.4. The van der Waals surface area contributed by atoms with Crippen molar-refractivity contribution in [1.29, 1.82) is 0 Å². The molecule has 0 fully saturated rings. The van der Waals surface area contributed by atoms with E-state index in [0.29, 0.717) is 13.1 Å². The lowest BCUT2D eigenvalue weighted by atomic mass is 9.81. The van der Waals surface area contributed by atoms with E-state index in [1.54, 1.807) is 16.2 Å². The fraction of sp³-hybridized carbons (Fsp3) is 0.692. The van der Waals surface area contributed by atoms with E-state index in [2.05, 4.69) is 4.98 Å². The van der Waals surface area contributed by atoms with E-state index in [0.717, 1.165) is 23.4 Å². The zero-order valence-corrected chi connectivity index (χ0v) is 15.0. The summed E-state index contributed by atoms with van der Waals surface area (Å²) in [6.45, 7) is 7.06. The molecular formula is C13H25Cl2N3OS. The highest BCUT2D eigenvalue weighted by Crippen LogP contribution is 2.28. The molecule has 0 aliphatic carbocycles. The number of hydrogen-bond donors (Lipinski definition) is 1. The number of carbonyl (C=O) groups excluding carboxylic acids is 1. The maximum atomic E-state index is 12.5. The number of halogens is 2. The van der Waals surface area contributed by atoms with Crippen molar-refractivity contribution in [2.75, 3.05) is 13.6 Å². The second-order valence-corrected chi connectivity index (χ2v) is 5.65. The van der Waals surface area contributed by atoms with Crippen LogP contribution in [0.3, 0.4) is 0 Å². The summed E-state index contributed by atoms with van der Waals surface area (Å²) in [5.41, 5.74) is 8.23. The molecule has 0 aromatic carbocycles. The Kier molecular flexibility index (Phi) is 10.5. The molecule has 7 heteroatoms. The van der Waals surface area contributed by atoms with Crippen LogP contribution >= 0.6 is 36.2 Å². The Morgan fingerprint density at radius 1 is 1.40 bits per heavy atom. The first-order valence-electron chi connectivity index (χ1n) is 6.35. The topological polar surface area (TPSA) is 59.2 Å². The van der Waals surface area contributed by atoms with Crippen LogP contribution in [0.2, 0.25) is 0 Å². The average Bonchev–Trinajstić information content (AvgIpc) is 2.77. The molecule has 1 rings (SSSR count). The van der Waals surface area contributed by atoms with E-state index < -0.39 is 5.41 Å². The fourth-order valence-electron chi connectivity index (χ4n) is 2.10. The molecule has 118 valence electrons. The van der Waals surface area contributed by atoms with Crippen LogP contribution < -0.4 is 5.73 Å². The van der Waals surface area contributed by atoms with Crippen molar-refractivity contribution in [3.63, 3.8) is 0 Å². The van der Waals surface area contributed by atoms with Crippen molar-refractivity contribution in [2.24, 2.45) is 11.1 Å². The summed E-state index contributed by atoms with van der Waals surface area (Å²) in [6, 6.07) is 0. The van der Waals surface area contributed by atoms with Gasteiger partial charge < -0.3 is 10.6 Å². The molecule has 2 N–H and O–H groups in total. The molecule has 0 radical (unpaired) electrons. The van der Waals surface area contributed by atoms with Crippen LogP contribution in [0.1, 0.15) is 37.3 Å². The fourth-order valence-corrected chi connectivity index (χ4v) is 2.93. The zero-order valence-electron chi connectivity index (χ0n) is 12.5. The number of nitrogens with zero attached hydrogens (tertiary/aromatic N) is 2. The summed E-state index contributed by atoms with van der Waals surface area (Å²) < 4.78 is 0. The van der Waals surface area contributed by atoms with Crippen LogP contribution in [0.25, 0.3) is 0 Å². The van der Waals surface area contributed by atoms with Crippen molar-refractivity contribution in [2.45, 2.75) is 40.2 Å². The second-order valence-electron chi connectivity index (χ2n) is 4.71. The van der Waals surface area contributed by atoms with Gasteiger partial charge in [-0.2, -0.15) is 0 Å². The van der Waals surface area contributed by atoms with E-state index in [-0.39, 0.29) is 30.7 Å². The van der Waals surface area contributed by atoms with E-state index >= 15 is 0 Å². The number of nitrogens with two attached hydrogens (primary N) is 1. The maximum Gasteiger partial charge on any atom is 0.230 e. The highest BCUT2D eigenvalue weighted by Gasteiger charge is 2.35. The Morgan fingerprint density at radius 3 is 2.30 bits per heavy atom. The summed E-state index contributed by atoms with van der Waals surface area (Å²) in [5, 5.41) is 0. The summed E-state index contributed by atoms with van der Waals surface area (Å²) in [6.07, 6.45) is 1.57. The predicted octanol–water partition coefficient (Wildman–Crippen LogP) is 3.02. The quantitative estimate of drug-likeness (QED) is 0.864. The van der Waals surface area contributed by atoms with Gasteiger partial charge in [-0.15, -0.1) is 36.2 Å². The van der Waals surface area contributed by atoms with Gasteiger partial charge in [0.2, 0.25) is 5.91 Å². The smallest absolute Gasteiger partial charge is 0.230 e. The van der Waals surface area contributed by atoms with Crippen molar-refractivity contribution < 1.29 is 4.79 Å². The third kappa shape index (κ3) is 4.58. The lowest BCUT2D eigenvalue weighted by Gasteiger charge is -2.33. The lowest BCUT2D eigenvalue weighted by molar-refractivity contribution is -0.141. The van der Waals surface area contributed by atoms with Gasteiger partial charge in [0.25, 0.3) is 0 Å². The number of amides is 1. The number of hydrogen-bond acceptors (Lipinski definition) is 4. The molecule has 0 aliphatic heterocycles. The number of carbonyl (C=O) groups is 1. The predicted molar refractivity (Wildman–Crippen MR) is 89.9 cm³/mol. The van der Waals surface area contributed by atoms with Gasteiger partial charge in [0.15, 0.2) is 0 Å². The zero-order chi connectivity index (χ0) is 13.8. The minimum absolute atomic E-state index is 0. The molecule has 1 heterocycles. The SMILES string of the molecule is CCC(CC)(CN)C(=O)N(C)Cc1scnc1C.Cl.Cl. The number of aromatic nitrogens is 1. The van der Waals surface area contributed by atoms with Crippen molar-refractivity contribution in [3.05, 3.63) is 16.1 Å². The molecule has 0 saturated heterocycles. The van der Waals surface area contributed by atoms with Crippen LogP contribution in [0.4, 0.5) is 0 Å². The van der Waals surface area contributed by atoms with Crippen LogP contribution in [0.15, 0.2) is 5.51 Å². The number of thiazole rings is 1. The first-order chi connectivity index (χ1) is 8.50. The monoisotopic (exact) mass is 341 g/mol. The summed E-state index contributed by atoms with van der Waals surface area (Å²) in [4.78, 5) is 19.7. The van der Waals surface area contributed by atoms with Crippen LogP contribution in [0, 0.1) is 12.3 Å². The minimum atomic E-state index is -0.409. The third-order valence-corrected chi connectivity index (χ3v) is 4.69. The third-order valence-electron chi connectivity index (χ3n) is 3.77. The molecular weight excluding hydrogens is 317 g/mol. The Morgan fingerprint density at radius 2 is 1.95 bits per heavy atom. The number of aryl methyl sites for hydroxylation is 1. The Balaban J connectivity index is 0. The molecule has 0 bridgehead atoms. The van der Waals surface area contributed by atoms with E-state index in [9.17, 15) is 4.79 Å². The largest absolute Gasteiger partial charge is 0.340 e. The first-order valence-corrected chi connectivity index (χ1v) is 7.23. The molecule has 0 aliphatic rings. The lowest BCUT2D eigenvalue weighted by Crippen LogP contribution is -2.45. The second kappa shape index (κ2) is 9.55. The molecule has 0 saturated carbocycles. The summed E-state index contributed by atoms with van der Waals surface area (Å²) >= 11 is 1.59. The minimum Gasteiger partial charge on any atom is -0.340 e. The molecule has 1 aromatic heterocycles. The Bertz CT molecular complexity index is 400. The van der Waals surface area contributed by atoms with E-state index in [1.807, 2.05) is 33.3 Å². The van der Waals surface area contributed by atoms with Crippen molar-refractivity contribution in [1.82, 2.24) is 9.88 Å². The van der Waals surface area contributed by atoms with Gasteiger partial charge in [-0.3, -0.25) is 4.79 Å². The highest BCUT2D eigenvalue weighted by atomic mass is 35.5. The van der Waals surface area contributed by atoms with Crippen molar-refractivity contribution in [3.8, 4) is 0 Å². The molecule has 20 heavy (non-hydrogen) atoms. The summed E-state index contributed by atoms with van der Waals surface area (Å²) in [7, 11) is 1.84. The summed E-state index contributed by atoms with van der Waals surface area (Å²) in [5.74, 6) is 0.141. The molecule has 4 nitrogen and oxygen atoms in total. The molecule has 0 unspecified atom stereocenters. The van der Waals surface area contributed by atoms with Gasteiger partial charge in [0, 0.05) is 18.5 Å². The average molecular weight is 342 g/mol. The van der Waals surface area contributed by atoms with Gasteiger partial charge >= 0.3 is 0 Å². The van der Waals surface area contributed by atoms with Gasteiger partial charge in [0.05, 0.1) is 23.2 Å². The number of rotatable bonds is 6. The van der Waals surface area contributed by atoms with Crippen LogP contribution in [-0.4, -0.2) is 29.4 Å². The van der Waals surface area contributed by atoms with Gasteiger partial charge in [-0.25, -0.2) is 4.98 Å². The molecule has 1 amide bonds.